The summed E-state index contributed by atoms with van der Waals surface area (Å²) in [6, 6.07) is 10.5. The molecule has 0 bridgehead atoms. The number of hydrogen-bond donors (Lipinski definition) is 1. The fourth-order valence-corrected chi connectivity index (χ4v) is 4.92. The number of nitrogens with one attached hydrogen (secondary N) is 1. The summed E-state index contributed by atoms with van der Waals surface area (Å²) in [6.45, 7) is 8.75. The first-order valence-electron chi connectivity index (χ1n) is 11.1. The first-order valence-corrected chi connectivity index (χ1v) is 11.1. The highest BCUT2D eigenvalue weighted by atomic mass is 16.5. The van der Waals surface area contributed by atoms with Crippen molar-refractivity contribution in [3.8, 4) is 11.4 Å². The smallest absolute Gasteiger partial charge is 0.257 e. The number of ether oxygens (including phenoxy) is 1. The zero-order valence-electron chi connectivity index (χ0n) is 18.4. The van der Waals surface area contributed by atoms with E-state index in [1.54, 1.807) is 0 Å². The van der Waals surface area contributed by atoms with E-state index in [4.69, 9.17) is 4.74 Å². The summed E-state index contributed by atoms with van der Waals surface area (Å²) in [5, 5.41) is 8.26. The lowest BCUT2D eigenvalue weighted by Gasteiger charge is -2.46. The Morgan fingerprint density at radius 2 is 2.03 bits per heavy atom. The lowest BCUT2D eigenvalue weighted by molar-refractivity contribution is 0.0675. The van der Waals surface area contributed by atoms with Crippen LogP contribution < -0.4 is 10.1 Å². The predicted molar refractivity (Wildman–Crippen MR) is 120 cm³/mol. The van der Waals surface area contributed by atoms with Crippen molar-refractivity contribution in [2.24, 2.45) is 0 Å². The molecule has 3 aromatic rings. The molecule has 1 spiro atoms. The van der Waals surface area contributed by atoms with Crippen LogP contribution in [-0.4, -0.2) is 44.9 Å². The molecule has 0 saturated carbocycles. The lowest BCUT2D eigenvalue weighted by atomic mass is 9.82. The van der Waals surface area contributed by atoms with Gasteiger partial charge in [0.2, 0.25) is 0 Å². The third-order valence-corrected chi connectivity index (χ3v) is 6.56. The van der Waals surface area contributed by atoms with Crippen molar-refractivity contribution in [2.75, 3.05) is 25.0 Å². The number of amides is 1. The molecule has 2 aliphatic heterocycles. The quantitative estimate of drug-likeness (QED) is 0.695. The van der Waals surface area contributed by atoms with Crippen LogP contribution in [0.15, 0.2) is 42.7 Å². The van der Waals surface area contributed by atoms with Crippen LogP contribution >= 0.6 is 0 Å². The van der Waals surface area contributed by atoms with Crippen LogP contribution in [0.2, 0.25) is 0 Å². The van der Waals surface area contributed by atoms with Crippen LogP contribution in [-0.2, 0) is 12.1 Å². The molecule has 7 heteroatoms. The third-order valence-electron chi connectivity index (χ3n) is 6.56. The first-order chi connectivity index (χ1) is 15.0. The van der Waals surface area contributed by atoms with Crippen molar-refractivity contribution in [2.45, 2.75) is 45.7 Å². The number of rotatable bonds is 4. The molecule has 0 atom stereocenters. The second kappa shape index (κ2) is 7.48. The predicted octanol–water partition coefficient (Wildman–Crippen LogP) is 3.96. The molecule has 1 amide bonds. The molecule has 31 heavy (non-hydrogen) atoms. The van der Waals surface area contributed by atoms with Crippen LogP contribution in [0.5, 0.6) is 5.75 Å². The van der Waals surface area contributed by atoms with Crippen LogP contribution in [0.1, 0.15) is 48.4 Å². The van der Waals surface area contributed by atoms with Crippen molar-refractivity contribution in [3.63, 3.8) is 0 Å². The van der Waals surface area contributed by atoms with E-state index in [2.05, 4.69) is 45.4 Å². The molecular formula is C24H29N5O2. The monoisotopic (exact) mass is 419 g/mol. The molecule has 0 aliphatic carbocycles. The van der Waals surface area contributed by atoms with Crippen LogP contribution in [0, 0.1) is 6.92 Å². The van der Waals surface area contributed by atoms with Crippen molar-refractivity contribution >= 4 is 11.6 Å². The van der Waals surface area contributed by atoms with E-state index in [9.17, 15) is 4.79 Å². The average Bonchev–Trinajstić information content (AvgIpc) is 3.42. The molecule has 2 aliphatic rings. The number of carbonyl (C=O) groups excluding carboxylic acids is 1. The van der Waals surface area contributed by atoms with E-state index in [0.717, 1.165) is 42.2 Å². The van der Waals surface area contributed by atoms with Crippen LogP contribution in [0.3, 0.4) is 0 Å². The summed E-state index contributed by atoms with van der Waals surface area (Å²) in [4.78, 5) is 15.1. The van der Waals surface area contributed by atoms with Gasteiger partial charge in [0.05, 0.1) is 34.8 Å². The van der Waals surface area contributed by atoms with Gasteiger partial charge < -0.3 is 19.5 Å². The molecule has 2 aromatic heterocycles. The van der Waals surface area contributed by atoms with Gasteiger partial charge in [0.1, 0.15) is 5.75 Å². The van der Waals surface area contributed by atoms with Crippen LogP contribution in [0.25, 0.3) is 5.69 Å². The highest BCUT2D eigenvalue weighted by Gasteiger charge is 2.42. The minimum absolute atomic E-state index is 0.0808. The second-order valence-corrected chi connectivity index (χ2v) is 8.36. The van der Waals surface area contributed by atoms with Crippen LogP contribution in [0.4, 0.5) is 5.69 Å². The number of fused-ring (bicyclic) bond motifs is 4. The zero-order chi connectivity index (χ0) is 21.6. The van der Waals surface area contributed by atoms with Gasteiger partial charge in [0.25, 0.3) is 5.91 Å². The molecule has 0 radical (unpaired) electrons. The average molecular weight is 420 g/mol. The van der Waals surface area contributed by atoms with Gasteiger partial charge in [-0.05, 0) is 57.9 Å². The van der Waals surface area contributed by atoms with E-state index >= 15 is 0 Å². The lowest BCUT2D eigenvalue weighted by Crippen LogP contribution is -2.51. The zero-order valence-corrected chi connectivity index (χ0v) is 18.4. The Bertz CT molecular complexity index is 1120. The molecule has 162 valence electrons. The highest BCUT2D eigenvalue weighted by Crippen LogP contribution is 2.44. The van der Waals surface area contributed by atoms with Gasteiger partial charge in [-0.3, -0.25) is 9.48 Å². The molecule has 4 heterocycles. The molecule has 1 N–H and O–H groups in total. The van der Waals surface area contributed by atoms with Crippen molar-refractivity contribution in [1.82, 2.24) is 19.2 Å². The number of hydrogen-bond acceptors (Lipinski definition) is 4. The summed E-state index contributed by atoms with van der Waals surface area (Å²) in [5.74, 6) is 0.952. The second-order valence-electron chi connectivity index (χ2n) is 8.36. The number of likely N-dealkylation sites (tertiary alicyclic amines) is 1. The molecule has 5 rings (SSSR count). The maximum Gasteiger partial charge on any atom is 0.257 e. The largest absolute Gasteiger partial charge is 0.494 e. The number of aryl methyl sites for hydroxylation is 2. The van der Waals surface area contributed by atoms with E-state index in [1.807, 2.05) is 42.6 Å². The number of anilines is 1. The number of nitrogens with zero attached hydrogens (tertiary/aromatic N) is 4. The fourth-order valence-electron chi connectivity index (χ4n) is 4.92. The molecule has 1 aromatic carbocycles. The normalized spacial score (nSPS) is 16.5. The number of benzene rings is 1. The van der Waals surface area contributed by atoms with E-state index < -0.39 is 0 Å². The van der Waals surface area contributed by atoms with Gasteiger partial charge in [0.15, 0.2) is 0 Å². The van der Waals surface area contributed by atoms with E-state index in [0.29, 0.717) is 25.3 Å². The van der Waals surface area contributed by atoms with E-state index in [-0.39, 0.29) is 11.4 Å². The molecular weight excluding hydrogens is 390 g/mol. The minimum Gasteiger partial charge on any atom is -0.494 e. The summed E-state index contributed by atoms with van der Waals surface area (Å²) in [5.41, 5.74) is 4.79. The van der Waals surface area contributed by atoms with Crippen molar-refractivity contribution in [3.05, 3.63) is 59.7 Å². The van der Waals surface area contributed by atoms with Gasteiger partial charge in [0, 0.05) is 43.8 Å². The standard InChI is InChI=1S/C24H29N5O2/c1-4-28-16-19(17(3)26-28)23(30)27-13-10-24(11-14-27)22-7-6-12-29(22)21-9-8-18(31-5-2)15-20(21)25-24/h6-9,12,15-16,25H,4-5,10-11,13-14H2,1-3H3. The minimum atomic E-state index is -0.194. The Kier molecular flexibility index (Phi) is 4.76. The topological polar surface area (TPSA) is 64.3 Å². The van der Waals surface area contributed by atoms with Gasteiger partial charge in [-0.2, -0.15) is 5.10 Å². The molecule has 0 unspecified atom stereocenters. The third kappa shape index (κ3) is 3.19. The molecule has 1 fully saturated rings. The summed E-state index contributed by atoms with van der Waals surface area (Å²) in [7, 11) is 0. The van der Waals surface area contributed by atoms with Crippen molar-refractivity contribution in [1.29, 1.82) is 0 Å². The van der Waals surface area contributed by atoms with Gasteiger partial charge >= 0.3 is 0 Å². The Morgan fingerprint density at radius 1 is 1.23 bits per heavy atom. The Balaban J connectivity index is 1.40. The highest BCUT2D eigenvalue weighted by molar-refractivity contribution is 5.95. The maximum atomic E-state index is 13.2. The van der Waals surface area contributed by atoms with Gasteiger partial charge in [-0.15, -0.1) is 0 Å². The number of piperidine rings is 1. The SMILES string of the molecule is CCOc1ccc2c(c1)NC1(CCN(C(=O)c3cn(CC)nc3C)CC1)c1cccn1-2. The molecule has 1 saturated heterocycles. The first kappa shape index (κ1) is 19.7. The molecule has 7 nitrogen and oxygen atoms in total. The maximum absolute atomic E-state index is 13.2. The van der Waals surface area contributed by atoms with Gasteiger partial charge in [-0.1, -0.05) is 0 Å². The van der Waals surface area contributed by atoms with E-state index in [1.165, 1.54) is 5.69 Å². The Hall–Kier alpha value is -3.22. The van der Waals surface area contributed by atoms with Gasteiger partial charge in [-0.25, -0.2) is 0 Å². The fraction of sp³-hybridized carbons (Fsp3) is 0.417. The number of aromatic nitrogens is 3. The van der Waals surface area contributed by atoms with Crippen molar-refractivity contribution < 1.29 is 9.53 Å². The summed E-state index contributed by atoms with van der Waals surface area (Å²) < 4.78 is 9.83. The summed E-state index contributed by atoms with van der Waals surface area (Å²) in [6.07, 6.45) is 5.69. The number of carbonyl (C=O) groups is 1. The Morgan fingerprint density at radius 3 is 2.74 bits per heavy atom. The Labute approximate surface area is 182 Å². The summed E-state index contributed by atoms with van der Waals surface area (Å²) >= 11 is 0.